The molecule has 2 aromatic rings. The minimum atomic E-state index is -4.05. The third kappa shape index (κ3) is 9.07. The van der Waals surface area contributed by atoms with E-state index in [1.54, 1.807) is 0 Å². The van der Waals surface area contributed by atoms with E-state index < -0.39 is 74.1 Å². The largest absolute Gasteiger partial charge is 0.384 e. The molecule has 2 atom stereocenters. The molecule has 1 saturated carbocycles. The number of primary amides is 2. The fourth-order valence-electron chi connectivity index (χ4n) is 7.37. The molecular formula is C35H46N8O10S. The van der Waals surface area contributed by atoms with Crippen LogP contribution in [0.25, 0.3) is 0 Å². The van der Waals surface area contributed by atoms with Gasteiger partial charge in [0, 0.05) is 44.6 Å². The Morgan fingerprint density at radius 3 is 2.28 bits per heavy atom. The van der Waals surface area contributed by atoms with Gasteiger partial charge in [0.25, 0.3) is 17.7 Å². The van der Waals surface area contributed by atoms with Gasteiger partial charge in [-0.15, -0.1) is 5.10 Å². The van der Waals surface area contributed by atoms with E-state index in [1.807, 2.05) is 0 Å². The number of nitrogens with one attached hydrogen (secondary N) is 1. The number of benzene rings is 1. The standard InChI is InChI=1S/C35H46N8O10S/c1-34(2,50)27-18-38-41-43(27)23-17-26(32(48)40-35(29(45)30(37)46)12-14-53-15-13-35)42(19-23)33(49)25(16-21-6-4-3-5-7-21)39-31(47)22-8-10-24(11-9-22)54(51,52)20-28(36)44/h8-11,18,21,23,26,50H,3-7,12-17,19-20H2,1-2H3,(H2,36,44)(H2,37,46)(H,40,48)/t23-,26-/m0/s1. The maximum Gasteiger partial charge on any atom is 0.287 e. The summed E-state index contributed by atoms with van der Waals surface area (Å²) in [7, 11) is -4.05. The van der Waals surface area contributed by atoms with Crippen LogP contribution in [0.5, 0.6) is 0 Å². The lowest BCUT2D eigenvalue weighted by molar-refractivity contribution is -0.146. The minimum absolute atomic E-state index is 0.0112. The molecule has 6 N–H and O–H groups in total. The molecule has 3 heterocycles. The molecule has 2 saturated heterocycles. The zero-order valence-electron chi connectivity index (χ0n) is 30.2. The van der Waals surface area contributed by atoms with Gasteiger partial charge in [0.15, 0.2) is 9.84 Å². The number of likely N-dealkylation sites (tertiary alicyclic amines) is 1. The van der Waals surface area contributed by atoms with Gasteiger partial charge in [-0.2, -0.15) is 0 Å². The van der Waals surface area contributed by atoms with Crippen molar-refractivity contribution in [2.75, 3.05) is 25.5 Å². The maximum absolute atomic E-state index is 14.7. The average Bonchev–Trinajstić information content (AvgIpc) is 3.80. The minimum Gasteiger partial charge on any atom is -0.384 e. The molecule has 0 spiro atoms. The van der Waals surface area contributed by atoms with Crippen molar-refractivity contribution in [3.05, 3.63) is 41.7 Å². The second kappa shape index (κ2) is 16.2. The van der Waals surface area contributed by atoms with Gasteiger partial charge < -0.3 is 31.5 Å². The highest BCUT2D eigenvalue weighted by Gasteiger charge is 2.49. The Kier molecular flexibility index (Phi) is 12.1. The number of sulfone groups is 1. The topological polar surface area (TPSA) is 276 Å². The second-order valence-corrected chi connectivity index (χ2v) is 16.7. The Morgan fingerprint density at radius 2 is 1.69 bits per heavy atom. The zero-order valence-corrected chi connectivity index (χ0v) is 31.0. The molecule has 3 aliphatic rings. The zero-order chi connectivity index (χ0) is 39.4. The van der Waals surface area contributed by atoms with Crippen molar-refractivity contribution in [1.29, 1.82) is 0 Å². The van der Waals surface area contributed by atoms with Crippen LogP contribution in [0.3, 0.4) is 0 Å². The number of carbonyl (C=O) groups is 6. The summed E-state index contributed by atoms with van der Waals surface area (Å²) in [6, 6.07) is 2.79. The Morgan fingerprint density at radius 1 is 1.04 bits per heavy atom. The lowest BCUT2D eigenvalue weighted by Crippen LogP contribution is -2.63. The Bertz CT molecular complexity index is 1920. The van der Waals surface area contributed by atoms with Gasteiger partial charge in [-0.1, -0.05) is 37.3 Å². The highest BCUT2D eigenvalue weighted by Crippen LogP contribution is 2.34. The predicted molar refractivity (Wildman–Crippen MR) is 190 cm³/mol. The number of rotatable bonds is 13. The monoisotopic (exact) mass is 770 g/mol. The third-order valence-electron chi connectivity index (χ3n) is 10.2. The first kappa shape index (κ1) is 40.3. The molecule has 1 aliphatic carbocycles. The normalized spacial score (nSPS) is 21.0. The van der Waals surface area contributed by atoms with E-state index in [2.05, 4.69) is 20.6 Å². The molecule has 54 heavy (non-hydrogen) atoms. The third-order valence-corrected chi connectivity index (χ3v) is 11.9. The van der Waals surface area contributed by atoms with E-state index in [4.69, 9.17) is 16.2 Å². The number of nitrogens with zero attached hydrogens (tertiary/aromatic N) is 5. The number of hydrogen-bond donors (Lipinski definition) is 4. The highest BCUT2D eigenvalue weighted by atomic mass is 32.2. The van der Waals surface area contributed by atoms with Gasteiger partial charge in [0.2, 0.25) is 17.6 Å². The average molecular weight is 771 g/mol. The lowest BCUT2D eigenvalue weighted by atomic mass is 9.84. The first-order valence-corrected chi connectivity index (χ1v) is 19.5. The van der Waals surface area contributed by atoms with Crippen molar-refractivity contribution in [2.45, 2.75) is 99.8 Å². The molecular weight excluding hydrogens is 724 g/mol. The summed E-state index contributed by atoms with van der Waals surface area (Å²) in [6.45, 7) is 3.10. The van der Waals surface area contributed by atoms with Crippen molar-refractivity contribution in [3.63, 3.8) is 0 Å². The number of Topliss-reactive ketones (excluding diaryl/α,β-unsaturated/α-hetero) is 1. The number of aliphatic imine (C=N–C) groups is 1. The molecule has 5 amide bonds. The molecule has 18 nitrogen and oxygen atoms in total. The SMILES string of the molecule is CC(C)(O)c1cnnn1[C@H]1C[C@@H](C(=O)NC2(C(=O)C(N)=O)CCOCC2)N(C(=O)C(CC2CCCCC2)=NC(=O)c2ccc(S(=O)(=O)CC(N)=O)cc2)C1. The van der Waals surface area contributed by atoms with Gasteiger partial charge >= 0.3 is 0 Å². The van der Waals surface area contributed by atoms with Crippen molar-refractivity contribution >= 4 is 50.9 Å². The summed E-state index contributed by atoms with van der Waals surface area (Å²) in [5, 5.41) is 21.7. The summed E-state index contributed by atoms with van der Waals surface area (Å²) in [5.41, 5.74) is 7.57. The van der Waals surface area contributed by atoms with Crippen LogP contribution in [-0.4, -0.2) is 112 Å². The van der Waals surface area contributed by atoms with E-state index >= 15 is 0 Å². The number of ether oxygens (including phenoxy) is 1. The van der Waals surface area contributed by atoms with Gasteiger partial charge in [0.05, 0.1) is 22.8 Å². The van der Waals surface area contributed by atoms with Gasteiger partial charge in [-0.3, -0.25) is 28.8 Å². The quantitative estimate of drug-likeness (QED) is 0.153. The lowest BCUT2D eigenvalue weighted by Gasteiger charge is -2.37. The van der Waals surface area contributed by atoms with Gasteiger partial charge in [-0.05, 0) is 50.5 Å². The molecule has 19 heteroatoms. The van der Waals surface area contributed by atoms with Crippen molar-refractivity contribution in [1.82, 2.24) is 25.2 Å². The summed E-state index contributed by atoms with van der Waals surface area (Å²) in [5.74, 6) is -6.47. The van der Waals surface area contributed by atoms with E-state index in [-0.39, 0.29) is 67.5 Å². The number of aromatic nitrogens is 3. The van der Waals surface area contributed by atoms with Crippen LogP contribution in [0.1, 0.15) is 93.7 Å². The first-order valence-electron chi connectivity index (χ1n) is 17.8. The first-order chi connectivity index (χ1) is 25.4. The van der Waals surface area contributed by atoms with Crippen LogP contribution in [0.4, 0.5) is 0 Å². The van der Waals surface area contributed by atoms with E-state index in [1.165, 1.54) is 41.8 Å². The van der Waals surface area contributed by atoms with E-state index in [0.29, 0.717) is 5.69 Å². The Balaban J connectivity index is 1.52. The second-order valence-electron chi connectivity index (χ2n) is 14.7. The fraction of sp³-hybridized carbons (Fsp3) is 0.571. The molecule has 0 bridgehead atoms. The molecule has 0 radical (unpaired) electrons. The van der Waals surface area contributed by atoms with E-state index in [9.17, 15) is 42.3 Å². The van der Waals surface area contributed by atoms with Crippen LogP contribution >= 0.6 is 0 Å². The highest BCUT2D eigenvalue weighted by molar-refractivity contribution is 7.92. The maximum atomic E-state index is 14.7. The predicted octanol–water partition coefficient (Wildman–Crippen LogP) is -0.122. The number of ketones is 1. The Hall–Kier alpha value is -4.88. The fourth-order valence-corrected chi connectivity index (χ4v) is 8.46. The van der Waals surface area contributed by atoms with Crippen LogP contribution in [0.2, 0.25) is 0 Å². The number of amides is 5. The van der Waals surface area contributed by atoms with Crippen molar-refractivity contribution in [2.24, 2.45) is 22.4 Å². The summed E-state index contributed by atoms with van der Waals surface area (Å²) < 4.78 is 31.8. The van der Waals surface area contributed by atoms with E-state index in [0.717, 1.165) is 44.2 Å². The smallest absolute Gasteiger partial charge is 0.287 e. The number of carbonyl (C=O) groups excluding carboxylic acids is 6. The molecule has 292 valence electrons. The van der Waals surface area contributed by atoms with Crippen molar-refractivity contribution < 1.29 is 47.0 Å². The summed E-state index contributed by atoms with van der Waals surface area (Å²) in [6.07, 6.45) is 5.84. The van der Waals surface area contributed by atoms with Crippen LogP contribution < -0.4 is 16.8 Å². The Labute approximate surface area is 312 Å². The number of nitrogens with two attached hydrogens (primary N) is 2. The number of hydrogen-bond acceptors (Lipinski definition) is 12. The van der Waals surface area contributed by atoms with Gasteiger partial charge in [-0.25, -0.2) is 18.1 Å². The molecule has 5 rings (SSSR count). The molecule has 1 aromatic carbocycles. The molecule has 3 fully saturated rings. The molecule has 1 aromatic heterocycles. The van der Waals surface area contributed by atoms with Gasteiger partial charge in [0.1, 0.15) is 28.6 Å². The number of aliphatic hydroxyl groups is 1. The van der Waals surface area contributed by atoms with Crippen molar-refractivity contribution in [3.8, 4) is 0 Å². The summed E-state index contributed by atoms with van der Waals surface area (Å²) >= 11 is 0. The van der Waals surface area contributed by atoms with Crippen LogP contribution in [0, 0.1) is 5.92 Å². The van der Waals surface area contributed by atoms with Crippen LogP contribution in [-0.2, 0) is 44.1 Å². The molecule has 0 unspecified atom stereocenters. The summed E-state index contributed by atoms with van der Waals surface area (Å²) in [4.78, 5) is 84.3. The molecule has 2 aliphatic heterocycles. The van der Waals surface area contributed by atoms with Crippen LogP contribution in [0.15, 0.2) is 40.4 Å².